The van der Waals surface area contributed by atoms with Crippen LogP contribution in [0.3, 0.4) is 0 Å². The van der Waals surface area contributed by atoms with Crippen LogP contribution in [0.1, 0.15) is 23.6 Å². The molecule has 0 atom stereocenters. The number of nitrogens with one attached hydrogen (secondary N) is 2. The van der Waals surface area contributed by atoms with Gasteiger partial charge >= 0.3 is 0 Å². The maximum absolute atomic E-state index is 3.56. The molecule has 244 valence electrons. The van der Waals surface area contributed by atoms with E-state index in [1.165, 1.54) is 40.2 Å². The second-order valence-corrected chi connectivity index (χ2v) is 14.0. The first-order valence-corrected chi connectivity index (χ1v) is 18.9. The number of hydrogen-bond donors (Lipinski definition) is 3. The molecular formula is C38H52N6S2+2. The minimum atomic E-state index is 0.925. The molecular weight excluding hydrogens is 605 g/mol. The summed E-state index contributed by atoms with van der Waals surface area (Å²) < 4.78 is 2.04. The summed E-state index contributed by atoms with van der Waals surface area (Å²) in [6.45, 7) is 10.7. The van der Waals surface area contributed by atoms with Gasteiger partial charge in [0.15, 0.2) is 12.4 Å². The molecule has 0 amide bonds. The van der Waals surface area contributed by atoms with Crippen molar-refractivity contribution in [2.24, 2.45) is 7.05 Å². The summed E-state index contributed by atoms with van der Waals surface area (Å²) in [5, 5.41) is 9.13. The molecule has 0 spiro atoms. The van der Waals surface area contributed by atoms with Crippen LogP contribution in [0, 0.1) is 0 Å². The Bertz CT molecular complexity index is 1390. The van der Waals surface area contributed by atoms with Crippen LogP contribution in [-0.2, 0) is 7.05 Å². The summed E-state index contributed by atoms with van der Waals surface area (Å²) >= 11 is 0. The van der Waals surface area contributed by atoms with Crippen molar-refractivity contribution in [3.05, 3.63) is 120 Å². The quantitative estimate of drug-likeness (QED) is 0.0723. The number of nitrogens with zero attached hydrogens (tertiary/aromatic N) is 3. The summed E-state index contributed by atoms with van der Waals surface area (Å²) in [6, 6.07) is 21.8. The summed E-state index contributed by atoms with van der Waals surface area (Å²) in [4.78, 5) is 5.13. The SMILES string of the molecule is C/C=C(\C=C/[NH2+]C)/C=C/c1ccc(N2CCN(CCSSCCNCCNc3ccc(/C=C/c4cc[n+](C)cc4)cc3)CC2)cc1. The molecule has 1 aromatic heterocycles. The van der Waals surface area contributed by atoms with Crippen molar-refractivity contribution in [3.8, 4) is 0 Å². The van der Waals surface area contributed by atoms with E-state index in [0.717, 1.165) is 57.3 Å². The normalized spacial score (nSPS) is 14.7. The van der Waals surface area contributed by atoms with E-state index in [2.05, 4.69) is 148 Å². The number of anilines is 2. The van der Waals surface area contributed by atoms with Crippen molar-refractivity contribution in [1.82, 2.24) is 10.2 Å². The van der Waals surface area contributed by atoms with Crippen molar-refractivity contribution in [2.75, 3.05) is 81.1 Å². The summed E-state index contributed by atoms with van der Waals surface area (Å²) in [7, 11) is 8.07. The lowest BCUT2D eigenvalue weighted by Crippen LogP contribution is -2.72. The number of allylic oxidation sites excluding steroid dienone is 4. The van der Waals surface area contributed by atoms with E-state index in [1.807, 2.05) is 40.3 Å². The van der Waals surface area contributed by atoms with Crippen LogP contribution in [0.4, 0.5) is 11.4 Å². The number of rotatable bonds is 18. The second kappa shape index (κ2) is 20.8. The lowest BCUT2D eigenvalue weighted by molar-refractivity contribution is -0.671. The molecule has 4 rings (SSSR count). The number of nitrogens with two attached hydrogens (primary N) is 1. The first-order valence-electron chi connectivity index (χ1n) is 16.4. The third kappa shape index (κ3) is 13.2. The minimum Gasteiger partial charge on any atom is -0.384 e. The van der Waals surface area contributed by atoms with Gasteiger partial charge in [-0.2, -0.15) is 0 Å². The fraction of sp³-hybridized carbons (Fsp3) is 0.342. The van der Waals surface area contributed by atoms with E-state index in [0.29, 0.717) is 0 Å². The van der Waals surface area contributed by atoms with Crippen molar-refractivity contribution in [3.63, 3.8) is 0 Å². The first-order chi connectivity index (χ1) is 22.6. The van der Waals surface area contributed by atoms with E-state index < -0.39 is 0 Å². The zero-order chi connectivity index (χ0) is 32.2. The third-order valence-corrected chi connectivity index (χ3v) is 10.3. The average molecular weight is 657 g/mol. The van der Waals surface area contributed by atoms with Gasteiger partial charge in [0.2, 0.25) is 0 Å². The average Bonchev–Trinajstić information content (AvgIpc) is 3.10. The van der Waals surface area contributed by atoms with Gasteiger partial charge in [0.05, 0.1) is 13.2 Å². The third-order valence-electron chi connectivity index (χ3n) is 7.86. The van der Waals surface area contributed by atoms with E-state index in [1.54, 1.807) is 0 Å². The molecule has 1 saturated heterocycles. The van der Waals surface area contributed by atoms with Gasteiger partial charge in [0, 0.05) is 87.4 Å². The molecule has 1 fully saturated rings. The van der Waals surface area contributed by atoms with E-state index >= 15 is 0 Å². The van der Waals surface area contributed by atoms with Crippen LogP contribution in [0.25, 0.3) is 18.2 Å². The zero-order valence-electron chi connectivity index (χ0n) is 27.8. The van der Waals surface area contributed by atoms with Gasteiger partial charge in [0.1, 0.15) is 7.05 Å². The number of hydrogen-bond acceptors (Lipinski definition) is 6. The van der Waals surface area contributed by atoms with Gasteiger partial charge in [0.25, 0.3) is 0 Å². The predicted octanol–water partition coefficient (Wildman–Crippen LogP) is 5.55. The van der Waals surface area contributed by atoms with Crippen LogP contribution < -0.4 is 25.4 Å². The molecule has 46 heavy (non-hydrogen) atoms. The Balaban J connectivity index is 0.994. The van der Waals surface area contributed by atoms with Gasteiger partial charge in [-0.1, -0.05) is 76.2 Å². The number of aromatic nitrogens is 1. The zero-order valence-corrected chi connectivity index (χ0v) is 29.4. The second-order valence-electron chi connectivity index (χ2n) is 11.3. The maximum Gasteiger partial charge on any atom is 0.169 e. The highest BCUT2D eigenvalue weighted by Crippen LogP contribution is 2.22. The Morgan fingerprint density at radius 2 is 1.43 bits per heavy atom. The molecule has 0 saturated carbocycles. The number of quaternary nitrogens is 1. The van der Waals surface area contributed by atoms with E-state index in [4.69, 9.17) is 0 Å². The Hall–Kier alpha value is -3.27. The molecule has 0 unspecified atom stereocenters. The molecule has 2 aromatic carbocycles. The van der Waals surface area contributed by atoms with Gasteiger partial charge in [-0.25, -0.2) is 4.57 Å². The molecule has 0 radical (unpaired) electrons. The van der Waals surface area contributed by atoms with Gasteiger partial charge in [-0.15, -0.1) is 0 Å². The lowest BCUT2D eigenvalue weighted by Gasteiger charge is -2.36. The standard InChI is InChI=1S/C38H50N6S2/c1-4-33(17-20-39-2)5-6-35-11-15-38(16-12-35)44-28-26-43(27-29-44)30-32-46-45-31-23-40-21-22-41-37-13-9-34(10-14-37)7-8-36-18-24-42(3)25-19-36/h4-20,24-25,39-40H,21-23,26-32H2,1-3H3/p+2/b6-5+,20-17-,33-4-. The summed E-state index contributed by atoms with van der Waals surface area (Å²) in [5.41, 5.74) is 7.36. The molecule has 3 aromatic rings. The van der Waals surface area contributed by atoms with Gasteiger partial charge < -0.3 is 20.9 Å². The molecule has 1 aliphatic heterocycles. The fourth-order valence-corrected chi connectivity index (χ4v) is 7.00. The smallest absolute Gasteiger partial charge is 0.169 e. The Labute approximate surface area is 285 Å². The Kier molecular flexibility index (Phi) is 16.1. The van der Waals surface area contributed by atoms with E-state index in [-0.39, 0.29) is 0 Å². The number of aryl methyl sites for hydroxylation is 1. The highest BCUT2D eigenvalue weighted by Gasteiger charge is 2.16. The van der Waals surface area contributed by atoms with Crippen LogP contribution in [0.15, 0.2) is 103 Å². The molecule has 1 aliphatic rings. The van der Waals surface area contributed by atoms with Crippen molar-refractivity contribution in [1.29, 1.82) is 0 Å². The highest BCUT2D eigenvalue weighted by atomic mass is 33.1. The largest absolute Gasteiger partial charge is 0.384 e. The van der Waals surface area contributed by atoms with Crippen molar-refractivity contribution < 1.29 is 9.88 Å². The first kappa shape index (κ1) is 35.6. The highest BCUT2D eigenvalue weighted by molar-refractivity contribution is 8.76. The van der Waals surface area contributed by atoms with E-state index in [9.17, 15) is 0 Å². The predicted molar refractivity (Wildman–Crippen MR) is 204 cm³/mol. The van der Waals surface area contributed by atoms with Gasteiger partial charge in [-0.3, -0.25) is 4.90 Å². The van der Waals surface area contributed by atoms with Crippen molar-refractivity contribution >= 4 is 51.2 Å². The molecule has 6 nitrogen and oxygen atoms in total. The number of piperazine rings is 1. The maximum atomic E-state index is 3.56. The molecule has 0 aliphatic carbocycles. The monoisotopic (exact) mass is 656 g/mol. The fourth-order valence-electron chi connectivity index (χ4n) is 5.02. The van der Waals surface area contributed by atoms with Crippen LogP contribution in [0.2, 0.25) is 0 Å². The Morgan fingerprint density at radius 1 is 0.783 bits per heavy atom. The van der Waals surface area contributed by atoms with Crippen LogP contribution >= 0.6 is 21.6 Å². The van der Waals surface area contributed by atoms with Crippen LogP contribution in [0.5, 0.6) is 0 Å². The summed E-state index contributed by atoms with van der Waals surface area (Å²) in [6.07, 6.45) is 19.1. The summed E-state index contributed by atoms with van der Waals surface area (Å²) in [5.74, 6) is 2.32. The van der Waals surface area contributed by atoms with Crippen molar-refractivity contribution in [2.45, 2.75) is 6.92 Å². The minimum absolute atomic E-state index is 0.925. The molecule has 4 N–H and O–H groups in total. The lowest BCUT2D eigenvalue weighted by atomic mass is 10.1. The van der Waals surface area contributed by atoms with Crippen LogP contribution in [-0.4, -0.2) is 75.8 Å². The molecule has 2 heterocycles. The molecule has 8 heteroatoms. The molecule has 0 bridgehead atoms. The number of benzene rings is 2. The topological polar surface area (TPSA) is 51.0 Å². The Morgan fingerprint density at radius 3 is 2.13 bits per heavy atom. The van der Waals surface area contributed by atoms with Gasteiger partial charge in [-0.05, 0) is 59.5 Å². The number of pyridine rings is 1.